The van der Waals surface area contributed by atoms with E-state index in [1.54, 1.807) is 0 Å². The van der Waals surface area contributed by atoms with E-state index < -0.39 is 0 Å². The number of piperidine rings is 1. The summed E-state index contributed by atoms with van der Waals surface area (Å²) in [6, 6.07) is 2.08. The van der Waals surface area contributed by atoms with Gasteiger partial charge in [-0.05, 0) is 25.9 Å². The molecule has 0 atom stereocenters. The molecule has 1 spiro atoms. The maximum Gasteiger partial charge on any atom is 0.150 e. The third kappa shape index (κ3) is 2.17. The molecular weight excluding hydrogens is 216 g/mol. The van der Waals surface area contributed by atoms with Crippen LogP contribution >= 0.6 is 0 Å². The molecule has 94 valence electrons. The van der Waals surface area contributed by atoms with Crippen molar-refractivity contribution in [3.8, 4) is 0 Å². The van der Waals surface area contributed by atoms with E-state index in [-0.39, 0.29) is 5.60 Å². The molecule has 2 saturated heterocycles. The zero-order valence-corrected chi connectivity index (χ0v) is 10.4. The molecule has 1 aromatic rings. The summed E-state index contributed by atoms with van der Waals surface area (Å²) in [5, 5.41) is 7.88. The number of nitrogens with zero attached hydrogens (tertiary/aromatic N) is 3. The van der Waals surface area contributed by atoms with E-state index in [4.69, 9.17) is 4.74 Å². The molecule has 0 bridgehead atoms. The topological polar surface area (TPSA) is 42.3 Å². The number of rotatable bonds is 1. The van der Waals surface area contributed by atoms with Gasteiger partial charge in [0.15, 0.2) is 5.82 Å². The molecule has 3 heterocycles. The van der Waals surface area contributed by atoms with Crippen LogP contribution in [0.15, 0.2) is 12.3 Å². The van der Waals surface area contributed by atoms with Crippen LogP contribution in [0.2, 0.25) is 0 Å². The van der Waals surface area contributed by atoms with Gasteiger partial charge in [0, 0.05) is 32.4 Å². The largest absolute Gasteiger partial charge is 0.371 e. The molecular formula is C12H20N4O. The van der Waals surface area contributed by atoms with Crippen molar-refractivity contribution in [1.29, 1.82) is 0 Å². The average molecular weight is 236 g/mol. The lowest BCUT2D eigenvalue weighted by molar-refractivity contribution is -0.0740. The van der Waals surface area contributed by atoms with Crippen molar-refractivity contribution in [1.82, 2.24) is 15.1 Å². The highest BCUT2D eigenvalue weighted by Gasteiger charge is 2.38. The number of ether oxygens (including phenoxy) is 1. The van der Waals surface area contributed by atoms with E-state index in [0.29, 0.717) is 0 Å². The van der Waals surface area contributed by atoms with E-state index >= 15 is 0 Å². The Morgan fingerprint density at radius 3 is 2.94 bits per heavy atom. The summed E-state index contributed by atoms with van der Waals surface area (Å²) in [6.45, 7) is 4.88. The summed E-state index contributed by atoms with van der Waals surface area (Å²) >= 11 is 0. The van der Waals surface area contributed by atoms with Crippen LogP contribution in [0.3, 0.4) is 0 Å². The zero-order valence-electron chi connectivity index (χ0n) is 10.4. The highest BCUT2D eigenvalue weighted by atomic mass is 16.5. The van der Waals surface area contributed by atoms with Gasteiger partial charge >= 0.3 is 0 Å². The Morgan fingerprint density at radius 1 is 1.41 bits per heavy atom. The molecule has 0 aliphatic carbocycles. The summed E-state index contributed by atoms with van der Waals surface area (Å²) in [7, 11) is 1.96. The second-order valence-electron chi connectivity index (χ2n) is 5.05. The van der Waals surface area contributed by atoms with E-state index in [1.165, 1.54) is 0 Å². The number of hydrogen-bond donors (Lipinski definition) is 1. The summed E-state index contributed by atoms with van der Waals surface area (Å²) < 4.78 is 7.91. The predicted octanol–water partition coefficient (Wildman–Crippen LogP) is 0.379. The minimum absolute atomic E-state index is 0.0566. The molecule has 0 radical (unpaired) electrons. The monoisotopic (exact) mass is 236 g/mol. The number of hydrogen-bond acceptors (Lipinski definition) is 4. The third-order valence-corrected chi connectivity index (χ3v) is 3.79. The van der Waals surface area contributed by atoms with Gasteiger partial charge in [-0.1, -0.05) is 0 Å². The van der Waals surface area contributed by atoms with Gasteiger partial charge < -0.3 is 15.0 Å². The Balaban J connectivity index is 1.74. The second-order valence-corrected chi connectivity index (χ2v) is 5.05. The first-order valence-corrected chi connectivity index (χ1v) is 6.37. The van der Waals surface area contributed by atoms with Crippen molar-refractivity contribution < 1.29 is 4.74 Å². The molecule has 0 aromatic carbocycles. The van der Waals surface area contributed by atoms with Crippen LogP contribution in [-0.2, 0) is 11.8 Å². The zero-order chi connectivity index (χ0) is 11.7. The van der Waals surface area contributed by atoms with Gasteiger partial charge in [0.2, 0.25) is 0 Å². The van der Waals surface area contributed by atoms with Gasteiger partial charge in [0.1, 0.15) is 0 Å². The molecule has 2 aliphatic rings. The van der Waals surface area contributed by atoms with Crippen molar-refractivity contribution >= 4 is 5.82 Å². The van der Waals surface area contributed by atoms with Crippen LogP contribution in [0.5, 0.6) is 0 Å². The lowest BCUT2D eigenvalue weighted by Gasteiger charge is -2.45. The van der Waals surface area contributed by atoms with Crippen LogP contribution in [-0.4, -0.2) is 48.2 Å². The van der Waals surface area contributed by atoms with Gasteiger partial charge in [-0.2, -0.15) is 5.10 Å². The van der Waals surface area contributed by atoms with Gasteiger partial charge in [-0.25, -0.2) is 0 Å². The van der Waals surface area contributed by atoms with Crippen molar-refractivity contribution in [2.45, 2.75) is 18.4 Å². The van der Waals surface area contributed by atoms with Crippen LogP contribution in [0.4, 0.5) is 5.82 Å². The minimum atomic E-state index is 0.0566. The molecule has 17 heavy (non-hydrogen) atoms. The number of aryl methyl sites for hydroxylation is 1. The average Bonchev–Trinajstić information content (AvgIpc) is 2.77. The number of morpholine rings is 1. The Bertz CT molecular complexity index is 378. The number of nitrogens with one attached hydrogen (secondary N) is 1. The quantitative estimate of drug-likeness (QED) is 0.765. The van der Waals surface area contributed by atoms with Crippen molar-refractivity contribution in [3.63, 3.8) is 0 Å². The highest BCUT2D eigenvalue weighted by molar-refractivity contribution is 5.38. The van der Waals surface area contributed by atoms with Crippen molar-refractivity contribution in [2.24, 2.45) is 7.05 Å². The molecule has 5 nitrogen and oxygen atoms in total. The Kier molecular flexibility index (Phi) is 2.80. The van der Waals surface area contributed by atoms with Gasteiger partial charge in [-0.15, -0.1) is 0 Å². The molecule has 1 aromatic heterocycles. The van der Waals surface area contributed by atoms with E-state index in [9.17, 15) is 0 Å². The first-order chi connectivity index (χ1) is 8.27. The van der Waals surface area contributed by atoms with E-state index in [2.05, 4.69) is 21.4 Å². The fraction of sp³-hybridized carbons (Fsp3) is 0.750. The SMILES string of the molecule is Cn1ccc(N2CCOC3(CCNCC3)C2)n1. The normalized spacial score (nSPS) is 24.2. The smallest absolute Gasteiger partial charge is 0.150 e. The Labute approximate surface area is 102 Å². The van der Waals surface area contributed by atoms with E-state index in [0.717, 1.165) is 51.4 Å². The van der Waals surface area contributed by atoms with Gasteiger partial charge in [0.05, 0.1) is 12.2 Å². The summed E-state index contributed by atoms with van der Waals surface area (Å²) in [4.78, 5) is 2.36. The fourth-order valence-corrected chi connectivity index (χ4v) is 2.80. The Morgan fingerprint density at radius 2 is 2.24 bits per heavy atom. The van der Waals surface area contributed by atoms with Crippen molar-refractivity contribution in [2.75, 3.05) is 37.7 Å². The molecule has 0 unspecified atom stereocenters. The van der Waals surface area contributed by atoms with Crippen LogP contribution in [0, 0.1) is 0 Å². The van der Waals surface area contributed by atoms with Crippen LogP contribution in [0.25, 0.3) is 0 Å². The van der Waals surface area contributed by atoms with Gasteiger partial charge in [-0.3, -0.25) is 4.68 Å². The lowest BCUT2D eigenvalue weighted by Crippen LogP contribution is -2.56. The van der Waals surface area contributed by atoms with E-state index in [1.807, 2.05) is 17.9 Å². The third-order valence-electron chi connectivity index (χ3n) is 3.79. The number of aromatic nitrogens is 2. The second kappa shape index (κ2) is 4.31. The minimum Gasteiger partial charge on any atom is -0.371 e. The number of anilines is 1. The van der Waals surface area contributed by atoms with Gasteiger partial charge in [0.25, 0.3) is 0 Å². The molecule has 2 fully saturated rings. The molecule has 1 N–H and O–H groups in total. The molecule has 0 amide bonds. The lowest BCUT2D eigenvalue weighted by atomic mass is 9.90. The fourth-order valence-electron chi connectivity index (χ4n) is 2.80. The standard InChI is InChI=1S/C12H20N4O/c1-15-7-2-11(14-15)16-8-9-17-12(10-16)3-5-13-6-4-12/h2,7,13H,3-6,8-10H2,1H3. The first kappa shape index (κ1) is 11.0. The molecule has 5 heteroatoms. The Hall–Kier alpha value is -1.07. The predicted molar refractivity (Wildman–Crippen MR) is 66.2 cm³/mol. The summed E-state index contributed by atoms with van der Waals surface area (Å²) in [5.74, 6) is 1.08. The first-order valence-electron chi connectivity index (χ1n) is 6.37. The maximum absolute atomic E-state index is 6.05. The molecule has 0 saturated carbocycles. The highest BCUT2D eigenvalue weighted by Crippen LogP contribution is 2.29. The molecule has 3 rings (SSSR count). The van der Waals surface area contributed by atoms with Crippen LogP contribution < -0.4 is 10.2 Å². The summed E-state index contributed by atoms with van der Waals surface area (Å²) in [6.07, 6.45) is 4.21. The van der Waals surface area contributed by atoms with Crippen LogP contribution in [0.1, 0.15) is 12.8 Å². The summed E-state index contributed by atoms with van der Waals surface area (Å²) in [5.41, 5.74) is 0.0566. The maximum atomic E-state index is 6.05. The molecule has 2 aliphatic heterocycles. The van der Waals surface area contributed by atoms with Crippen molar-refractivity contribution in [3.05, 3.63) is 12.3 Å².